The average Bonchev–Trinajstić information content (AvgIpc) is 2.76. The third kappa shape index (κ3) is 6.17. The third-order valence-electron chi connectivity index (χ3n) is 5.40. The Morgan fingerprint density at radius 3 is 2.48 bits per heavy atom. The van der Waals surface area contributed by atoms with Crippen LogP contribution in [0, 0.1) is 5.92 Å². The van der Waals surface area contributed by atoms with Crippen LogP contribution in [0.15, 0.2) is 47.4 Å². The number of fused-ring (bicyclic) bond motifs is 1. The lowest BCUT2D eigenvalue weighted by molar-refractivity contribution is -0.117. The molecule has 0 saturated heterocycles. The minimum atomic E-state index is -4.06. The number of carbonyl (C=O) groups excluding carboxylic acids is 2. The maximum Gasteiger partial charge on any atom is 0.420 e. The molecule has 2 aromatic rings. The number of nitrogens with zero attached hydrogens (tertiary/aromatic N) is 1. The molecule has 33 heavy (non-hydrogen) atoms. The molecule has 0 spiro atoms. The van der Waals surface area contributed by atoms with Crippen LogP contribution in [0.1, 0.15) is 32.3 Å². The number of ether oxygens (including phenoxy) is 1. The topological polar surface area (TPSA) is 105 Å². The van der Waals surface area contributed by atoms with Crippen LogP contribution in [-0.2, 0) is 26.0 Å². The second-order valence-corrected chi connectivity index (χ2v) is 10.4. The van der Waals surface area contributed by atoms with Crippen molar-refractivity contribution in [3.63, 3.8) is 0 Å². The van der Waals surface area contributed by atoms with Crippen LogP contribution in [0.5, 0.6) is 0 Å². The van der Waals surface area contributed by atoms with Gasteiger partial charge < -0.3 is 15.0 Å². The van der Waals surface area contributed by atoms with Gasteiger partial charge in [-0.25, -0.2) is 17.9 Å². The average molecular weight is 494 g/mol. The van der Waals surface area contributed by atoms with Crippen LogP contribution >= 0.6 is 11.6 Å². The largest absolute Gasteiger partial charge is 0.452 e. The van der Waals surface area contributed by atoms with Crippen LogP contribution in [0.2, 0.25) is 5.02 Å². The van der Waals surface area contributed by atoms with E-state index in [0.29, 0.717) is 17.1 Å². The summed E-state index contributed by atoms with van der Waals surface area (Å²) < 4.78 is 30.5. The van der Waals surface area contributed by atoms with Crippen molar-refractivity contribution in [1.29, 1.82) is 0 Å². The summed E-state index contributed by atoms with van der Waals surface area (Å²) in [7, 11) is -2.98. The normalized spacial score (nSPS) is 14.4. The van der Waals surface area contributed by atoms with E-state index in [1.54, 1.807) is 4.72 Å². The minimum Gasteiger partial charge on any atom is -0.452 e. The number of carbonyl (C=O) groups is 2. The first kappa shape index (κ1) is 24.9. The molecule has 0 aromatic heterocycles. The van der Waals surface area contributed by atoms with Crippen LogP contribution in [-0.4, -0.2) is 40.1 Å². The van der Waals surface area contributed by atoms with E-state index in [1.165, 1.54) is 24.3 Å². The Labute approximate surface area is 199 Å². The van der Waals surface area contributed by atoms with E-state index in [4.69, 9.17) is 11.6 Å². The first-order valence-corrected chi connectivity index (χ1v) is 12.5. The van der Waals surface area contributed by atoms with Gasteiger partial charge in [0.1, 0.15) is 6.04 Å². The van der Waals surface area contributed by atoms with Gasteiger partial charge in [-0.05, 0) is 73.2 Å². The number of benzene rings is 2. The molecule has 2 N–H and O–H groups in total. The van der Waals surface area contributed by atoms with Gasteiger partial charge in [0.15, 0.2) is 0 Å². The molecule has 8 nitrogen and oxygen atoms in total. The predicted octanol–water partition coefficient (Wildman–Crippen LogP) is 4.19. The summed E-state index contributed by atoms with van der Waals surface area (Å²) in [4.78, 5) is 26.6. The van der Waals surface area contributed by atoms with Crippen LogP contribution in [0.4, 0.5) is 16.2 Å². The lowest BCUT2D eigenvalue weighted by Gasteiger charge is -2.38. The Morgan fingerprint density at radius 1 is 1.15 bits per heavy atom. The van der Waals surface area contributed by atoms with E-state index in [-0.39, 0.29) is 16.7 Å². The number of amides is 2. The highest BCUT2D eigenvalue weighted by Gasteiger charge is 2.30. The first-order valence-electron chi connectivity index (χ1n) is 10.7. The molecule has 0 saturated carbocycles. The van der Waals surface area contributed by atoms with Crippen molar-refractivity contribution in [1.82, 2.24) is 4.72 Å². The lowest BCUT2D eigenvalue weighted by atomic mass is 9.95. The molecule has 0 fully saturated rings. The number of sulfonamides is 1. The van der Waals surface area contributed by atoms with Gasteiger partial charge in [0.05, 0.1) is 12.0 Å². The van der Waals surface area contributed by atoms with Gasteiger partial charge in [-0.3, -0.25) is 4.79 Å². The molecule has 3 rings (SSSR count). The van der Waals surface area contributed by atoms with Crippen molar-refractivity contribution in [3.05, 3.63) is 53.1 Å². The molecule has 1 atom stereocenters. The Bertz CT molecular complexity index is 1120. The van der Waals surface area contributed by atoms with Gasteiger partial charge in [-0.2, -0.15) is 0 Å². The van der Waals surface area contributed by atoms with Crippen LogP contribution in [0.3, 0.4) is 0 Å². The first-order chi connectivity index (χ1) is 15.6. The Hall–Kier alpha value is -2.78. The maximum atomic E-state index is 13.3. The Balaban J connectivity index is 1.80. The minimum absolute atomic E-state index is 0.119. The van der Waals surface area contributed by atoms with Gasteiger partial charge in [0, 0.05) is 22.9 Å². The van der Waals surface area contributed by atoms with Crippen molar-refractivity contribution < 1.29 is 22.7 Å². The van der Waals surface area contributed by atoms with Crippen molar-refractivity contribution in [3.8, 4) is 0 Å². The molecule has 2 aromatic carbocycles. The van der Waals surface area contributed by atoms with Crippen LogP contribution in [0.25, 0.3) is 0 Å². The van der Waals surface area contributed by atoms with Crippen molar-refractivity contribution in [2.24, 2.45) is 5.92 Å². The fourth-order valence-electron chi connectivity index (χ4n) is 3.89. The fraction of sp³-hybridized carbons (Fsp3) is 0.391. The molecule has 2 amide bonds. The zero-order valence-corrected chi connectivity index (χ0v) is 20.4. The molecule has 0 aliphatic carbocycles. The van der Waals surface area contributed by atoms with Gasteiger partial charge in [0.25, 0.3) is 10.0 Å². The summed E-state index contributed by atoms with van der Waals surface area (Å²) in [5, 5.41) is 3.58. The SMILES string of the molecule is COC(=O)NS(=O)(=O)c1ccc(NC(=O)[C@@H](CC(C)C)N2CCCc3cc(Cl)ccc32)cc1. The molecule has 1 aliphatic rings. The molecule has 178 valence electrons. The predicted molar refractivity (Wildman–Crippen MR) is 128 cm³/mol. The third-order valence-corrected chi connectivity index (χ3v) is 6.97. The lowest BCUT2D eigenvalue weighted by Crippen LogP contribution is -2.47. The summed E-state index contributed by atoms with van der Waals surface area (Å²) in [5.41, 5.74) is 2.60. The van der Waals surface area contributed by atoms with Gasteiger partial charge in [-0.1, -0.05) is 25.4 Å². The molecular weight excluding hydrogens is 466 g/mol. The smallest absolute Gasteiger partial charge is 0.420 e. The number of halogens is 1. The summed E-state index contributed by atoms with van der Waals surface area (Å²) in [6, 6.07) is 11.0. The second-order valence-electron chi connectivity index (χ2n) is 8.33. The van der Waals surface area contributed by atoms with Crippen molar-refractivity contribution in [2.75, 3.05) is 23.9 Å². The highest BCUT2D eigenvalue weighted by atomic mass is 35.5. The Kier molecular flexibility index (Phi) is 7.86. The number of nitrogens with one attached hydrogen (secondary N) is 2. The van der Waals surface area contributed by atoms with E-state index >= 15 is 0 Å². The monoisotopic (exact) mass is 493 g/mol. The number of anilines is 2. The number of hydrogen-bond acceptors (Lipinski definition) is 6. The zero-order chi connectivity index (χ0) is 24.2. The summed E-state index contributed by atoms with van der Waals surface area (Å²) in [6.07, 6.45) is 1.42. The number of methoxy groups -OCH3 is 1. The van der Waals surface area contributed by atoms with E-state index < -0.39 is 22.2 Å². The molecule has 0 unspecified atom stereocenters. The van der Waals surface area contributed by atoms with Gasteiger partial charge >= 0.3 is 6.09 Å². The number of rotatable bonds is 7. The van der Waals surface area contributed by atoms with Crippen LogP contribution < -0.4 is 14.9 Å². The van der Waals surface area contributed by atoms with Gasteiger partial charge in [-0.15, -0.1) is 0 Å². The maximum absolute atomic E-state index is 13.3. The van der Waals surface area contributed by atoms with Crippen molar-refractivity contribution >= 4 is 45.0 Å². The highest BCUT2D eigenvalue weighted by Crippen LogP contribution is 2.33. The van der Waals surface area contributed by atoms with E-state index in [2.05, 4.69) is 28.8 Å². The second kappa shape index (κ2) is 10.4. The summed E-state index contributed by atoms with van der Waals surface area (Å²) in [6.45, 7) is 4.90. The highest BCUT2D eigenvalue weighted by molar-refractivity contribution is 7.90. The molecule has 0 bridgehead atoms. The standard InChI is InChI=1S/C23H28ClN3O5S/c1-15(2)13-21(27-12-4-5-16-14-17(24)6-11-20(16)27)22(28)25-18-7-9-19(10-8-18)33(30,31)26-23(29)32-3/h6-11,14-15,21H,4-5,12-13H2,1-3H3,(H,25,28)(H,26,29)/t21-/m1/s1. The van der Waals surface area contributed by atoms with Gasteiger partial charge in [0.2, 0.25) is 5.91 Å². The quantitative estimate of drug-likeness (QED) is 0.599. The number of aryl methyl sites for hydroxylation is 1. The number of hydrogen-bond donors (Lipinski definition) is 2. The molecule has 1 heterocycles. The summed E-state index contributed by atoms with van der Waals surface area (Å²) in [5.74, 6) is 0.116. The van der Waals surface area contributed by atoms with E-state index in [1.807, 2.05) is 18.2 Å². The zero-order valence-electron chi connectivity index (χ0n) is 18.8. The molecule has 10 heteroatoms. The van der Waals surface area contributed by atoms with E-state index in [9.17, 15) is 18.0 Å². The molecular formula is C23H28ClN3O5S. The summed E-state index contributed by atoms with van der Waals surface area (Å²) >= 11 is 6.17. The molecule has 0 radical (unpaired) electrons. The molecule has 1 aliphatic heterocycles. The van der Waals surface area contributed by atoms with E-state index in [0.717, 1.165) is 37.7 Å². The van der Waals surface area contributed by atoms with Crippen molar-refractivity contribution in [2.45, 2.75) is 44.0 Å². The fourth-order valence-corrected chi connectivity index (χ4v) is 5.00. The Morgan fingerprint density at radius 2 is 1.85 bits per heavy atom.